The molecule has 0 bridgehead atoms. The van der Waals surface area contributed by atoms with Crippen molar-refractivity contribution in [3.8, 4) is 55.9 Å². The number of benzene rings is 14. The zero-order valence-electron chi connectivity index (χ0n) is 50.2. The summed E-state index contributed by atoms with van der Waals surface area (Å²) in [7, 11) is 0. The van der Waals surface area contributed by atoms with Crippen LogP contribution in [0.25, 0.3) is 121 Å². The van der Waals surface area contributed by atoms with Crippen LogP contribution in [0, 0.1) is 0 Å². The molecule has 5 nitrogen and oxygen atoms in total. The molecule has 17 aromatic rings. The maximum absolute atomic E-state index is 3.67. The highest BCUT2D eigenvalue weighted by Gasteiger charge is 2.44. The molecule has 0 atom stereocenters. The molecule has 0 spiro atoms. The van der Waals surface area contributed by atoms with Gasteiger partial charge in [0.2, 0.25) is 0 Å². The van der Waals surface area contributed by atoms with Crippen molar-refractivity contribution < 1.29 is 0 Å². The number of hydrogen-bond acceptors (Lipinski definition) is 2. The lowest BCUT2D eigenvalue weighted by Crippen LogP contribution is -2.59. The van der Waals surface area contributed by atoms with Crippen LogP contribution in [0.4, 0.5) is 22.7 Å². The molecular weight excluding hydrogens is 1260 g/mol. The molecule has 4 aliphatic heterocycles. The van der Waals surface area contributed by atoms with Gasteiger partial charge in [-0.3, -0.25) is 0 Å². The number of aromatic amines is 1. The van der Waals surface area contributed by atoms with Gasteiger partial charge in [-0.1, -0.05) is 238 Å². The third-order valence-electron chi connectivity index (χ3n) is 19.7. The Labute approximate surface area is 555 Å². The van der Waals surface area contributed by atoms with Crippen LogP contribution in [-0.4, -0.2) is 27.8 Å². The minimum atomic E-state index is 0.0607. The van der Waals surface area contributed by atoms with Gasteiger partial charge in [-0.2, -0.15) is 0 Å². The van der Waals surface area contributed by atoms with E-state index in [1.807, 2.05) is 0 Å². The fraction of sp³-hybridized carbons (Fsp3) is 0. The summed E-state index contributed by atoms with van der Waals surface area (Å²) in [5, 5.41) is 7.71. The Bertz CT molecular complexity index is 5480. The molecule has 14 aromatic carbocycles. The van der Waals surface area contributed by atoms with Crippen molar-refractivity contribution in [2.75, 3.05) is 9.62 Å². The fourth-order valence-electron chi connectivity index (χ4n) is 15.9. The van der Waals surface area contributed by atoms with E-state index < -0.39 is 0 Å². The van der Waals surface area contributed by atoms with Crippen LogP contribution < -0.4 is 31.5 Å². The molecule has 7 heterocycles. The lowest BCUT2D eigenvalue weighted by molar-refractivity contribution is 1.17. The first-order valence-corrected chi connectivity index (χ1v) is 33.3. The highest BCUT2D eigenvalue weighted by atomic mass is 79.9. The zero-order valence-corrected chi connectivity index (χ0v) is 53.4. The summed E-state index contributed by atoms with van der Waals surface area (Å²) in [6.07, 6.45) is 0. The van der Waals surface area contributed by atoms with E-state index in [-0.39, 0.29) is 13.7 Å². The molecular formula is C84H53B2Br2N5. The van der Waals surface area contributed by atoms with Crippen molar-refractivity contribution in [1.29, 1.82) is 0 Å². The van der Waals surface area contributed by atoms with Crippen LogP contribution in [0.2, 0.25) is 0 Å². The molecule has 0 saturated heterocycles. The van der Waals surface area contributed by atoms with Crippen LogP contribution in [0.3, 0.4) is 0 Å². The fourth-order valence-corrected chi connectivity index (χ4v) is 16.6. The maximum Gasteiger partial charge on any atom is 0.329 e. The number of hydrogen-bond donors (Lipinski definition) is 1. The Morgan fingerprint density at radius 3 is 0.849 bits per heavy atom. The summed E-state index contributed by atoms with van der Waals surface area (Å²) >= 11 is 7.35. The molecule has 4 aliphatic rings. The first kappa shape index (κ1) is 54.0. The van der Waals surface area contributed by atoms with E-state index in [1.54, 1.807) is 0 Å². The highest BCUT2D eigenvalue weighted by molar-refractivity contribution is 9.10. The number of anilines is 4. The Kier molecular flexibility index (Phi) is 12.4. The largest absolute Gasteiger partial charge is 0.376 e. The van der Waals surface area contributed by atoms with Gasteiger partial charge in [0.15, 0.2) is 0 Å². The molecule has 0 unspecified atom stereocenters. The van der Waals surface area contributed by atoms with Crippen molar-refractivity contribution in [1.82, 2.24) is 14.1 Å². The molecule has 0 radical (unpaired) electrons. The van der Waals surface area contributed by atoms with Crippen molar-refractivity contribution in [2.24, 2.45) is 0 Å². The van der Waals surface area contributed by atoms with Gasteiger partial charge >= 0.3 is 13.7 Å². The van der Waals surface area contributed by atoms with E-state index in [4.69, 9.17) is 0 Å². The van der Waals surface area contributed by atoms with Crippen molar-refractivity contribution in [3.05, 3.63) is 324 Å². The number of rotatable bonds is 2. The summed E-state index contributed by atoms with van der Waals surface area (Å²) in [4.78, 5) is 8.48. The van der Waals surface area contributed by atoms with Crippen molar-refractivity contribution in [3.63, 3.8) is 0 Å². The molecule has 0 amide bonds. The van der Waals surface area contributed by atoms with Gasteiger partial charge in [-0.05, 0) is 153 Å². The predicted octanol–water partition coefficient (Wildman–Crippen LogP) is 20.2. The van der Waals surface area contributed by atoms with Gasteiger partial charge in [0.25, 0.3) is 0 Å². The maximum atomic E-state index is 3.67. The third kappa shape index (κ3) is 8.33. The Morgan fingerprint density at radius 2 is 0.505 bits per heavy atom. The summed E-state index contributed by atoms with van der Waals surface area (Å²) < 4.78 is 7.06. The first-order chi connectivity index (χ1) is 46.0. The monoisotopic (exact) mass is 1310 g/mol. The molecule has 93 heavy (non-hydrogen) atoms. The van der Waals surface area contributed by atoms with Gasteiger partial charge in [0, 0.05) is 109 Å². The quantitative estimate of drug-likeness (QED) is 0.175. The van der Waals surface area contributed by atoms with E-state index in [1.165, 1.54) is 166 Å². The van der Waals surface area contributed by atoms with Gasteiger partial charge in [-0.25, -0.2) is 0 Å². The first-order valence-electron chi connectivity index (χ1n) is 31.8. The lowest BCUT2D eigenvalue weighted by atomic mass is 9.43. The van der Waals surface area contributed by atoms with E-state index in [0.717, 1.165) is 8.95 Å². The number of nitrogens with zero attached hydrogens (tertiary/aromatic N) is 4. The molecule has 9 heteroatoms. The highest BCUT2D eigenvalue weighted by Crippen LogP contribution is 2.50. The second-order valence-corrected chi connectivity index (χ2v) is 26.4. The number of aromatic nitrogens is 3. The Hall–Kier alpha value is -10.8. The number of para-hydroxylation sites is 6. The predicted molar refractivity (Wildman–Crippen MR) is 402 cm³/mol. The van der Waals surface area contributed by atoms with Crippen LogP contribution in [0.1, 0.15) is 0 Å². The lowest BCUT2D eigenvalue weighted by Gasteiger charge is -2.43. The summed E-state index contributed by atoms with van der Waals surface area (Å²) in [6, 6.07) is 115. The molecule has 1 N–H and O–H groups in total. The molecule has 434 valence electrons. The van der Waals surface area contributed by atoms with Gasteiger partial charge in [0.1, 0.15) is 0 Å². The van der Waals surface area contributed by atoms with E-state index >= 15 is 0 Å². The minimum Gasteiger partial charge on any atom is -0.376 e. The number of nitrogens with one attached hydrogen (secondary N) is 1. The van der Waals surface area contributed by atoms with Crippen LogP contribution in [0.15, 0.2) is 324 Å². The summed E-state index contributed by atoms with van der Waals surface area (Å²) in [6.45, 7) is 0.236. The Balaban J connectivity index is 0.000000124. The Morgan fingerprint density at radius 1 is 0.237 bits per heavy atom. The minimum absolute atomic E-state index is 0.0607. The summed E-state index contributed by atoms with van der Waals surface area (Å²) in [5.41, 5.74) is 30.3. The zero-order chi connectivity index (χ0) is 61.4. The topological polar surface area (TPSA) is 32.1 Å². The number of fused-ring (bicyclic) bond motifs is 31. The number of H-pyrrole nitrogens is 1. The summed E-state index contributed by atoms with van der Waals surface area (Å²) in [5.74, 6) is 0. The number of halogens is 2. The molecule has 0 saturated carbocycles. The average Bonchev–Trinajstić information content (AvgIpc) is 1.48. The van der Waals surface area contributed by atoms with Crippen LogP contribution in [0.5, 0.6) is 0 Å². The SMILES string of the molecule is Brc1ccc2c(c1)-c1ccccc1B1c3ccccc3-c3cc(Br)ccc3N12.c1ccc2c(c1)B1c3ccccc3-c3cc(-n4c5ccccc5c5ccccc54)ccc3N1c1ccc(-n3c4ccccc4c4ccccc43)cc1-2.c1ccc2c(c1)[nH]c1ccccc12. The average molecular weight is 1310 g/mol. The molecule has 0 aliphatic carbocycles. The van der Waals surface area contributed by atoms with Crippen molar-refractivity contribution >= 4 is 156 Å². The molecule has 3 aromatic heterocycles. The van der Waals surface area contributed by atoms with Gasteiger partial charge in [0.05, 0.1) is 22.1 Å². The normalized spacial score (nSPS) is 12.8. The molecule has 0 fully saturated rings. The third-order valence-corrected chi connectivity index (χ3v) is 20.7. The van der Waals surface area contributed by atoms with Gasteiger partial charge < -0.3 is 23.7 Å². The standard InChI is InChI=1S/C48H30BN3.C24H14BBr2N.C12H9N/c1-7-19-41-33(13-1)39-29-31(50-43-21-9-3-15-35(43)36-16-4-10-22-44(36)50)25-27-47(39)52-48-28-26-32(30-40(48)34-14-2-8-20-42(34)49(41)52)51-45-23-11-5-17-37(45)38-18-6-12-24-46(38)51;26-15-9-11-23-19(13-15)17-5-1-3-7-21(17)25-22-8-4-2-6-18(22)20-14-16(27)10-12-24(20)28(23)25;1-3-7-11-9(5-1)10-6-2-4-8-12(10)13-11/h1-30H;1-14H;1-8,13H. The molecule has 21 rings (SSSR count). The van der Waals surface area contributed by atoms with Gasteiger partial charge in [-0.15, -0.1) is 0 Å². The smallest absolute Gasteiger partial charge is 0.329 e. The van der Waals surface area contributed by atoms with Crippen molar-refractivity contribution in [2.45, 2.75) is 0 Å². The second-order valence-electron chi connectivity index (χ2n) is 24.6. The van der Waals surface area contributed by atoms with Crippen LogP contribution in [-0.2, 0) is 0 Å². The van der Waals surface area contributed by atoms with E-state index in [0.29, 0.717) is 0 Å². The van der Waals surface area contributed by atoms with Crippen LogP contribution >= 0.6 is 31.9 Å². The van der Waals surface area contributed by atoms with E-state index in [2.05, 4.69) is 371 Å². The second kappa shape index (κ2) is 21.4. The van der Waals surface area contributed by atoms with E-state index in [9.17, 15) is 0 Å².